The summed E-state index contributed by atoms with van der Waals surface area (Å²) in [6.45, 7) is 4.21. The van der Waals surface area contributed by atoms with Gasteiger partial charge in [-0.2, -0.15) is 5.10 Å². The van der Waals surface area contributed by atoms with E-state index in [1.807, 2.05) is 20.9 Å². The van der Waals surface area contributed by atoms with Gasteiger partial charge in [0.05, 0.1) is 29.7 Å². The van der Waals surface area contributed by atoms with Gasteiger partial charge in [-0.05, 0) is 26.7 Å². The van der Waals surface area contributed by atoms with Crippen LogP contribution in [0.5, 0.6) is 0 Å². The molecule has 1 amide bonds. The van der Waals surface area contributed by atoms with Crippen LogP contribution >= 0.6 is 0 Å². The van der Waals surface area contributed by atoms with Gasteiger partial charge in [0, 0.05) is 24.8 Å². The Morgan fingerprint density at radius 3 is 2.50 bits per heavy atom. The Bertz CT molecular complexity index is 625. The minimum Gasteiger partial charge on any atom is -0.481 e. The second kappa shape index (κ2) is 5.39. The third-order valence-corrected chi connectivity index (χ3v) is 4.96. The summed E-state index contributed by atoms with van der Waals surface area (Å²) in [5.41, 5.74) is 2.85. The molecule has 120 valence electrons. The molecule has 0 saturated carbocycles. The number of carbonyl (C=O) groups is 2. The fraction of sp³-hybridized carbons (Fsp3) is 0.667. The van der Waals surface area contributed by atoms with Gasteiger partial charge in [-0.15, -0.1) is 0 Å². The first-order chi connectivity index (χ1) is 10.4. The molecule has 7 nitrogen and oxygen atoms in total. The van der Waals surface area contributed by atoms with Crippen molar-refractivity contribution < 1.29 is 19.4 Å². The van der Waals surface area contributed by atoms with Crippen molar-refractivity contribution in [3.63, 3.8) is 0 Å². The third kappa shape index (κ3) is 2.29. The summed E-state index contributed by atoms with van der Waals surface area (Å²) in [4.78, 5) is 23.9. The monoisotopic (exact) mass is 307 g/mol. The molecule has 7 heteroatoms. The topological polar surface area (TPSA) is 93.5 Å². The van der Waals surface area contributed by atoms with Crippen LogP contribution in [-0.2, 0) is 27.9 Å². The molecule has 1 aromatic heterocycles. The molecule has 2 aliphatic heterocycles. The molecule has 1 aromatic rings. The molecule has 3 heterocycles. The van der Waals surface area contributed by atoms with Crippen LogP contribution in [0.25, 0.3) is 0 Å². The van der Waals surface area contributed by atoms with Crippen molar-refractivity contribution in [1.29, 1.82) is 0 Å². The van der Waals surface area contributed by atoms with Gasteiger partial charge in [-0.1, -0.05) is 0 Å². The maximum atomic E-state index is 12.5. The molecule has 22 heavy (non-hydrogen) atoms. The minimum atomic E-state index is -0.943. The molecule has 0 spiro atoms. The minimum absolute atomic E-state index is 0.234. The van der Waals surface area contributed by atoms with E-state index in [1.165, 1.54) is 0 Å². The van der Waals surface area contributed by atoms with Crippen LogP contribution in [0.15, 0.2) is 0 Å². The Morgan fingerprint density at radius 2 is 1.95 bits per heavy atom. The molecule has 2 saturated heterocycles. The number of hydrogen-bond acceptors (Lipinski definition) is 4. The van der Waals surface area contributed by atoms with Gasteiger partial charge < -0.3 is 15.2 Å². The van der Waals surface area contributed by atoms with Crippen molar-refractivity contribution in [2.24, 2.45) is 18.9 Å². The number of rotatable bonds is 4. The summed E-state index contributed by atoms with van der Waals surface area (Å²) < 4.78 is 7.40. The number of fused-ring (bicyclic) bond motifs is 2. The van der Waals surface area contributed by atoms with E-state index in [2.05, 4.69) is 10.4 Å². The van der Waals surface area contributed by atoms with Gasteiger partial charge in [0.25, 0.3) is 0 Å². The van der Waals surface area contributed by atoms with Crippen LogP contribution in [0, 0.1) is 25.7 Å². The van der Waals surface area contributed by atoms with Crippen LogP contribution in [0.2, 0.25) is 0 Å². The average molecular weight is 307 g/mol. The first kappa shape index (κ1) is 15.0. The fourth-order valence-electron chi connectivity index (χ4n) is 3.69. The molecule has 4 atom stereocenters. The maximum absolute atomic E-state index is 12.5. The smallest absolute Gasteiger partial charge is 0.310 e. The third-order valence-electron chi connectivity index (χ3n) is 4.96. The number of nitrogens with one attached hydrogen (secondary N) is 1. The normalized spacial score (nSPS) is 29.8. The van der Waals surface area contributed by atoms with Crippen molar-refractivity contribution in [3.05, 3.63) is 17.0 Å². The van der Waals surface area contributed by atoms with Gasteiger partial charge in [0.1, 0.15) is 0 Å². The molecular weight excluding hydrogens is 286 g/mol. The zero-order chi connectivity index (χ0) is 16.0. The first-order valence-electron chi connectivity index (χ1n) is 7.55. The highest BCUT2D eigenvalue weighted by atomic mass is 16.5. The number of carboxylic acids is 1. The number of amides is 1. The maximum Gasteiger partial charge on any atom is 0.310 e. The quantitative estimate of drug-likeness (QED) is 0.846. The highest BCUT2D eigenvalue weighted by Gasteiger charge is 2.55. The summed E-state index contributed by atoms with van der Waals surface area (Å²) in [5.74, 6) is -2.49. The van der Waals surface area contributed by atoms with E-state index in [9.17, 15) is 14.7 Å². The van der Waals surface area contributed by atoms with E-state index >= 15 is 0 Å². The fourth-order valence-corrected chi connectivity index (χ4v) is 3.69. The van der Waals surface area contributed by atoms with Crippen molar-refractivity contribution in [3.8, 4) is 0 Å². The molecular formula is C15H21N3O4. The lowest BCUT2D eigenvalue weighted by Crippen LogP contribution is -2.43. The molecule has 3 rings (SSSR count). The lowest BCUT2D eigenvalue weighted by molar-refractivity contribution is -0.147. The second-order valence-corrected chi connectivity index (χ2v) is 6.17. The number of nitrogens with zero attached hydrogens (tertiary/aromatic N) is 2. The van der Waals surface area contributed by atoms with E-state index in [0.29, 0.717) is 6.54 Å². The Balaban J connectivity index is 1.70. The average Bonchev–Trinajstić information content (AvgIpc) is 3.12. The Kier molecular flexibility index (Phi) is 3.68. The number of ether oxygens (including phenoxy) is 1. The summed E-state index contributed by atoms with van der Waals surface area (Å²) in [6, 6.07) is 0. The largest absolute Gasteiger partial charge is 0.481 e. The van der Waals surface area contributed by atoms with E-state index in [1.54, 1.807) is 4.68 Å². The SMILES string of the molecule is Cc1nn(C)c(C)c1CNC(=O)C1C2CCC(O2)C1C(=O)O. The predicted molar refractivity (Wildman–Crippen MR) is 77.0 cm³/mol. The summed E-state index contributed by atoms with van der Waals surface area (Å²) >= 11 is 0. The van der Waals surface area contributed by atoms with Gasteiger partial charge in [0.15, 0.2) is 0 Å². The highest BCUT2D eigenvalue weighted by Crippen LogP contribution is 2.43. The van der Waals surface area contributed by atoms with Gasteiger partial charge in [-0.3, -0.25) is 14.3 Å². The van der Waals surface area contributed by atoms with E-state index in [4.69, 9.17) is 4.74 Å². The van der Waals surface area contributed by atoms with E-state index in [-0.39, 0.29) is 18.1 Å². The van der Waals surface area contributed by atoms with Crippen LogP contribution in [-0.4, -0.2) is 39.0 Å². The molecule has 2 bridgehead atoms. The van der Waals surface area contributed by atoms with Crippen molar-refractivity contribution in [2.45, 2.75) is 45.4 Å². The number of aryl methyl sites for hydroxylation is 2. The Labute approximate surface area is 128 Å². The second-order valence-electron chi connectivity index (χ2n) is 6.17. The highest BCUT2D eigenvalue weighted by molar-refractivity contribution is 5.86. The van der Waals surface area contributed by atoms with Crippen LogP contribution < -0.4 is 5.32 Å². The number of hydrogen-bond donors (Lipinski definition) is 2. The number of aliphatic carboxylic acids is 1. The van der Waals surface area contributed by atoms with Crippen molar-refractivity contribution >= 4 is 11.9 Å². The molecule has 2 fully saturated rings. The summed E-state index contributed by atoms with van der Waals surface area (Å²) in [7, 11) is 1.86. The zero-order valence-corrected chi connectivity index (χ0v) is 13.0. The molecule has 0 radical (unpaired) electrons. The van der Waals surface area contributed by atoms with Crippen LogP contribution in [0.3, 0.4) is 0 Å². The Morgan fingerprint density at radius 1 is 1.32 bits per heavy atom. The number of carboxylic acid groups (broad SMARTS) is 1. The molecule has 0 aliphatic carbocycles. The lowest BCUT2D eigenvalue weighted by atomic mass is 9.78. The van der Waals surface area contributed by atoms with Crippen LogP contribution in [0.1, 0.15) is 29.8 Å². The van der Waals surface area contributed by atoms with Crippen molar-refractivity contribution in [1.82, 2.24) is 15.1 Å². The van der Waals surface area contributed by atoms with E-state index in [0.717, 1.165) is 29.8 Å². The summed E-state index contributed by atoms with van der Waals surface area (Å²) in [6.07, 6.45) is 0.909. The van der Waals surface area contributed by atoms with Gasteiger partial charge >= 0.3 is 5.97 Å². The number of carbonyl (C=O) groups excluding carboxylic acids is 1. The molecule has 0 aromatic carbocycles. The van der Waals surface area contributed by atoms with Crippen molar-refractivity contribution in [2.75, 3.05) is 0 Å². The first-order valence-corrected chi connectivity index (χ1v) is 7.55. The zero-order valence-electron chi connectivity index (χ0n) is 13.0. The van der Waals surface area contributed by atoms with Gasteiger partial charge in [0.2, 0.25) is 5.91 Å². The standard InChI is InChI=1S/C15H21N3O4/c1-7-9(8(2)18(3)17-7)6-16-14(19)12-10-4-5-11(22-10)13(12)15(20)21/h10-13H,4-6H2,1-3H3,(H,16,19)(H,20,21). The molecule has 2 aliphatic rings. The van der Waals surface area contributed by atoms with Crippen LogP contribution in [0.4, 0.5) is 0 Å². The Hall–Kier alpha value is -1.89. The molecule has 2 N–H and O–H groups in total. The van der Waals surface area contributed by atoms with E-state index < -0.39 is 17.8 Å². The van der Waals surface area contributed by atoms with Gasteiger partial charge in [-0.25, -0.2) is 0 Å². The predicted octanol–water partition coefficient (Wildman–Crippen LogP) is 0.531. The lowest BCUT2D eigenvalue weighted by Gasteiger charge is -2.23. The summed E-state index contributed by atoms with van der Waals surface area (Å²) in [5, 5.41) is 16.5. The molecule has 4 unspecified atom stereocenters. The number of aromatic nitrogens is 2.